The molecule has 5 aromatic heterocycles. The minimum atomic E-state index is 0.512. The van der Waals surface area contributed by atoms with E-state index < -0.39 is 0 Å². The van der Waals surface area contributed by atoms with E-state index in [1.54, 1.807) is 21.8 Å². The standard InChI is InChI=1S/C17H13ClN8/c1-24-10-12(6-20-24)14-7-19-16-17(21-14)26(23-22-16)9-11-2-3-13-4-5-15(18)25(13)8-11/h2-8,10H,9H2,1H3. The first kappa shape index (κ1) is 15.0. The van der Waals surface area contributed by atoms with Gasteiger partial charge in [-0.1, -0.05) is 22.9 Å². The van der Waals surface area contributed by atoms with Crippen LogP contribution in [0.25, 0.3) is 28.1 Å². The molecule has 0 aliphatic carbocycles. The molecule has 0 aliphatic rings. The minimum absolute atomic E-state index is 0.512. The van der Waals surface area contributed by atoms with Crippen LogP contribution in [0.4, 0.5) is 0 Å². The van der Waals surface area contributed by atoms with Gasteiger partial charge in [0.05, 0.1) is 24.6 Å². The highest BCUT2D eigenvalue weighted by molar-refractivity contribution is 6.30. The van der Waals surface area contributed by atoms with Crippen molar-refractivity contribution in [3.05, 3.63) is 59.8 Å². The van der Waals surface area contributed by atoms with E-state index in [4.69, 9.17) is 11.6 Å². The molecule has 0 saturated carbocycles. The van der Waals surface area contributed by atoms with Crippen molar-refractivity contribution in [1.29, 1.82) is 0 Å². The fourth-order valence-corrected chi connectivity index (χ4v) is 3.14. The molecule has 5 heterocycles. The van der Waals surface area contributed by atoms with Crippen LogP contribution in [-0.2, 0) is 13.6 Å². The minimum Gasteiger partial charge on any atom is -0.307 e. The van der Waals surface area contributed by atoms with Gasteiger partial charge in [-0.05, 0) is 23.8 Å². The van der Waals surface area contributed by atoms with Crippen LogP contribution in [0.1, 0.15) is 5.56 Å². The molecule has 0 fully saturated rings. The van der Waals surface area contributed by atoms with Gasteiger partial charge in [0, 0.05) is 30.5 Å². The van der Waals surface area contributed by atoms with Crippen LogP contribution in [0.15, 0.2) is 49.1 Å². The first-order chi connectivity index (χ1) is 12.7. The van der Waals surface area contributed by atoms with Crippen molar-refractivity contribution in [2.24, 2.45) is 7.05 Å². The maximum Gasteiger partial charge on any atom is 0.221 e. The molecule has 0 spiro atoms. The van der Waals surface area contributed by atoms with E-state index in [-0.39, 0.29) is 0 Å². The summed E-state index contributed by atoms with van der Waals surface area (Å²) in [6, 6.07) is 7.91. The summed E-state index contributed by atoms with van der Waals surface area (Å²) in [6.07, 6.45) is 7.32. The van der Waals surface area contributed by atoms with Gasteiger partial charge in [-0.25, -0.2) is 14.6 Å². The SMILES string of the molecule is Cn1cc(-c2cnc3nnn(Cc4ccc5ccc(Cl)n5c4)c3n2)cn1. The summed E-state index contributed by atoms with van der Waals surface area (Å²) in [7, 11) is 1.86. The highest BCUT2D eigenvalue weighted by Crippen LogP contribution is 2.19. The quantitative estimate of drug-likeness (QED) is 0.491. The molecule has 0 radical (unpaired) electrons. The number of hydrogen-bond donors (Lipinski definition) is 0. The molecule has 0 N–H and O–H groups in total. The zero-order valence-corrected chi connectivity index (χ0v) is 14.5. The summed E-state index contributed by atoms with van der Waals surface area (Å²) in [5, 5.41) is 13.2. The Hall–Kier alpha value is -3.26. The van der Waals surface area contributed by atoms with E-state index in [2.05, 4.69) is 25.4 Å². The number of rotatable bonds is 3. The van der Waals surface area contributed by atoms with E-state index >= 15 is 0 Å². The molecule has 128 valence electrons. The molecule has 0 bridgehead atoms. The Balaban J connectivity index is 1.56. The number of aromatic nitrogens is 8. The molecule has 5 aromatic rings. The summed E-state index contributed by atoms with van der Waals surface area (Å²) in [5.41, 5.74) is 4.85. The maximum atomic E-state index is 6.21. The number of fused-ring (bicyclic) bond motifs is 2. The first-order valence-corrected chi connectivity index (χ1v) is 8.36. The van der Waals surface area contributed by atoms with E-state index in [1.807, 2.05) is 48.1 Å². The van der Waals surface area contributed by atoms with E-state index in [9.17, 15) is 0 Å². The number of aryl methyl sites for hydroxylation is 1. The van der Waals surface area contributed by atoms with Gasteiger partial charge < -0.3 is 4.40 Å². The van der Waals surface area contributed by atoms with Crippen molar-refractivity contribution in [2.75, 3.05) is 0 Å². The van der Waals surface area contributed by atoms with Crippen molar-refractivity contribution in [3.63, 3.8) is 0 Å². The van der Waals surface area contributed by atoms with Crippen molar-refractivity contribution >= 4 is 28.4 Å². The summed E-state index contributed by atoms with van der Waals surface area (Å²) in [4.78, 5) is 9.04. The molecule has 0 amide bonds. The molecule has 0 unspecified atom stereocenters. The van der Waals surface area contributed by atoms with Crippen LogP contribution in [0.3, 0.4) is 0 Å². The summed E-state index contributed by atoms with van der Waals surface area (Å²) >= 11 is 6.21. The normalized spacial score (nSPS) is 11.6. The number of pyridine rings is 1. The third-order valence-corrected chi connectivity index (χ3v) is 4.53. The first-order valence-electron chi connectivity index (χ1n) is 7.98. The second-order valence-electron chi connectivity index (χ2n) is 6.04. The van der Waals surface area contributed by atoms with Crippen molar-refractivity contribution in [1.82, 2.24) is 39.1 Å². The summed E-state index contributed by atoms with van der Waals surface area (Å²) in [5.74, 6) is 0. The highest BCUT2D eigenvalue weighted by Gasteiger charge is 2.12. The van der Waals surface area contributed by atoms with Crippen molar-refractivity contribution in [2.45, 2.75) is 6.54 Å². The average Bonchev–Trinajstić information content (AvgIpc) is 3.35. The molecule has 26 heavy (non-hydrogen) atoms. The topological polar surface area (TPSA) is 78.7 Å². The lowest BCUT2D eigenvalue weighted by Crippen LogP contribution is -2.04. The Morgan fingerprint density at radius 2 is 1.96 bits per heavy atom. The van der Waals surface area contributed by atoms with E-state index in [0.29, 0.717) is 23.0 Å². The molecular weight excluding hydrogens is 352 g/mol. The van der Waals surface area contributed by atoms with Crippen LogP contribution in [0.2, 0.25) is 5.15 Å². The van der Waals surface area contributed by atoms with Gasteiger partial charge >= 0.3 is 0 Å². The fourth-order valence-electron chi connectivity index (χ4n) is 2.93. The Labute approximate surface area is 152 Å². The van der Waals surface area contributed by atoms with Gasteiger partial charge in [0.2, 0.25) is 5.65 Å². The number of hydrogen-bond acceptors (Lipinski definition) is 5. The number of nitrogens with zero attached hydrogens (tertiary/aromatic N) is 8. The van der Waals surface area contributed by atoms with E-state index in [1.165, 1.54) is 0 Å². The van der Waals surface area contributed by atoms with Crippen LogP contribution >= 0.6 is 11.6 Å². The lowest BCUT2D eigenvalue weighted by Gasteiger charge is -2.05. The molecule has 0 saturated heterocycles. The van der Waals surface area contributed by atoms with Gasteiger partial charge in [-0.2, -0.15) is 5.10 Å². The van der Waals surface area contributed by atoms with Gasteiger partial charge in [-0.3, -0.25) is 4.68 Å². The monoisotopic (exact) mass is 364 g/mol. The highest BCUT2D eigenvalue weighted by atomic mass is 35.5. The van der Waals surface area contributed by atoms with Crippen LogP contribution < -0.4 is 0 Å². The fraction of sp³-hybridized carbons (Fsp3) is 0.118. The smallest absolute Gasteiger partial charge is 0.221 e. The Bertz CT molecular complexity index is 1250. The molecule has 0 aromatic carbocycles. The third kappa shape index (κ3) is 2.42. The van der Waals surface area contributed by atoms with Crippen molar-refractivity contribution < 1.29 is 0 Å². The average molecular weight is 365 g/mol. The second kappa shape index (κ2) is 5.63. The Kier molecular flexibility index (Phi) is 3.26. The Morgan fingerprint density at radius 3 is 2.81 bits per heavy atom. The largest absolute Gasteiger partial charge is 0.307 e. The van der Waals surface area contributed by atoms with Gasteiger partial charge in [0.1, 0.15) is 5.15 Å². The predicted molar refractivity (Wildman–Crippen MR) is 96.8 cm³/mol. The zero-order valence-electron chi connectivity index (χ0n) is 13.8. The predicted octanol–water partition coefficient (Wildman–Crippen LogP) is 2.58. The maximum absolute atomic E-state index is 6.21. The molecule has 8 nitrogen and oxygen atoms in total. The van der Waals surface area contributed by atoms with Gasteiger partial charge in [0.25, 0.3) is 0 Å². The molecule has 0 atom stereocenters. The molecule has 9 heteroatoms. The third-order valence-electron chi connectivity index (χ3n) is 4.22. The second-order valence-corrected chi connectivity index (χ2v) is 6.43. The molecular formula is C17H13ClN8. The summed E-state index contributed by atoms with van der Waals surface area (Å²) < 4.78 is 5.40. The molecule has 5 rings (SSSR count). The van der Waals surface area contributed by atoms with Crippen molar-refractivity contribution in [3.8, 4) is 11.3 Å². The van der Waals surface area contributed by atoms with Gasteiger partial charge in [0.15, 0.2) is 5.65 Å². The van der Waals surface area contributed by atoms with Crippen LogP contribution in [-0.4, -0.2) is 39.1 Å². The number of halogens is 1. The van der Waals surface area contributed by atoms with E-state index in [0.717, 1.165) is 22.3 Å². The Morgan fingerprint density at radius 1 is 1.08 bits per heavy atom. The van der Waals surface area contributed by atoms with Crippen LogP contribution in [0, 0.1) is 0 Å². The lowest BCUT2D eigenvalue weighted by molar-refractivity contribution is 0.662. The van der Waals surface area contributed by atoms with Crippen LogP contribution in [0.5, 0.6) is 0 Å². The van der Waals surface area contributed by atoms with Gasteiger partial charge in [-0.15, -0.1) is 5.10 Å². The summed E-state index contributed by atoms with van der Waals surface area (Å²) in [6.45, 7) is 0.520. The lowest BCUT2D eigenvalue weighted by atomic mass is 10.2. The zero-order chi connectivity index (χ0) is 17.7. The molecule has 0 aliphatic heterocycles.